The van der Waals surface area contributed by atoms with Gasteiger partial charge in [0.05, 0.1) is 6.10 Å². The van der Waals surface area contributed by atoms with Crippen molar-refractivity contribution in [2.45, 2.75) is 58.5 Å². The predicted molar refractivity (Wildman–Crippen MR) is 134 cm³/mol. The van der Waals surface area contributed by atoms with E-state index in [0.717, 1.165) is 53.6 Å². The highest BCUT2D eigenvalue weighted by Crippen LogP contribution is 2.61. The molecular formula is C28H43ClN2O. The molecule has 0 bridgehead atoms. The standard InChI is InChI=1S/C28H43ClN2O/c1-19-17-20(2)28(32-3)27-25(23-9-4-5-10-24(23)26(19)27)11-12-30-13-15-31(16-14-30)22-8-6-7-21(29)18-22/h6-8,18-20,23-28H,4-5,9-17H2,1-3H3. The van der Waals surface area contributed by atoms with Gasteiger partial charge in [0.1, 0.15) is 0 Å². The molecule has 1 heterocycles. The highest BCUT2D eigenvalue weighted by Gasteiger charge is 2.57. The van der Waals surface area contributed by atoms with Crippen LogP contribution in [0.4, 0.5) is 5.69 Å². The fraction of sp³-hybridized carbons (Fsp3) is 0.786. The van der Waals surface area contributed by atoms with Gasteiger partial charge in [-0.1, -0.05) is 44.4 Å². The minimum Gasteiger partial charge on any atom is -0.381 e. The molecule has 4 heteroatoms. The zero-order valence-electron chi connectivity index (χ0n) is 20.4. The lowest BCUT2D eigenvalue weighted by Crippen LogP contribution is -2.48. The van der Waals surface area contributed by atoms with Crippen molar-refractivity contribution in [2.24, 2.45) is 41.4 Å². The van der Waals surface area contributed by atoms with Crippen molar-refractivity contribution in [3.05, 3.63) is 29.3 Å². The van der Waals surface area contributed by atoms with Crippen LogP contribution in [0.25, 0.3) is 0 Å². The Labute approximate surface area is 200 Å². The van der Waals surface area contributed by atoms with E-state index >= 15 is 0 Å². The van der Waals surface area contributed by atoms with Crippen LogP contribution >= 0.6 is 11.6 Å². The van der Waals surface area contributed by atoms with Crippen molar-refractivity contribution >= 4 is 17.3 Å². The summed E-state index contributed by atoms with van der Waals surface area (Å²) >= 11 is 6.22. The molecule has 5 rings (SSSR count). The molecule has 0 spiro atoms. The summed E-state index contributed by atoms with van der Waals surface area (Å²) in [5.41, 5.74) is 1.27. The second-order valence-corrected chi connectivity index (χ2v) is 11.9. The SMILES string of the molecule is COC1C(C)CC(C)C2C3CCCCC3C(CCN3CCN(c4cccc(Cl)c4)CC3)C12. The number of hydrogen-bond donors (Lipinski definition) is 0. The Morgan fingerprint density at radius 2 is 1.72 bits per heavy atom. The molecule has 0 amide bonds. The molecule has 1 aliphatic heterocycles. The summed E-state index contributed by atoms with van der Waals surface area (Å²) in [5, 5.41) is 0.839. The van der Waals surface area contributed by atoms with Gasteiger partial charge < -0.3 is 9.64 Å². The summed E-state index contributed by atoms with van der Waals surface area (Å²) in [6.45, 7) is 10.8. The van der Waals surface area contributed by atoms with Gasteiger partial charge in [-0.15, -0.1) is 0 Å². The van der Waals surface area contributed by atoms with Gasteiger partial charge >= 0.3 is 0 Å². The number of anilines is 1. The molecule has 1 saturated heterocycles. The van der Waals surface area contributed by atoms with Crippen LogP contribution in [-0.2, 0) is 4.74 Å². The van der Waals surface area contributed by atoms with Gasteiger partial charge in [0.15, 0.2) is 0 Å². The number of ether oxygens (including phenoxy) is 1. The van der Waals surface area contributed by atoms with E-state index in [4.69, 9.17) is 16.3 Å². The molecule has 4 fully saturated rings. The maximum Gasteiger partial charge on any atom is 0.0630 e. The van der Waals surface area contributed by atoms with Gasteiger partial charge in [-0.2, -0.15) is 0 Å². The van der Waals surface area contributed by atoms with Gasteiger partial charge in [-0.3, -0.25) is 4.90 Å². The summed E-state index contributed by atoms with van der Waals surface area (Å²) in [7, 11) is 1.99. The van der Waals surface area contributed by atoms with Crippen molar-refractivity contribution in [2.75, 3.05) is 44.7 Å². The van der Waals surface area contributed by atoms with E-state index < -0.39 is 0 Å². The molecule has 1 aromatic rings. The maximum absolute atomic E-state index is 6.24. The average molecular weight is 459 g/mol. The van der Waals surface area contributed by atoms with E-state index in [1.54, 1.807) is 0 Å². The minimum atomic E-state index is 0.478. The molecule has 3 saturated carbocycles. The van der Waals surface area contributed by atoms with E-state index in [2.05, 4.69) is 41.8 Å². The second-order valence-electron chi connectivity index (χ2n) is 11.4. The first-order valence-electron chi connectivity index (χ1n) is 13.3. The zero-order valence-corrected chi connectivity index (χ0v) is 21.1. The van der Waals surface area contributed by atoms with Crippen molar-refractivity contribution in [1.29, 1.82) is 0 Å². The van der Waals surface area contributed by atoms with Gasteiger partial charge in [-0.05, 0) is 91.9 Å². The number of halogens is 1. The van der Waals surface area contributed by atoms with Crippen LogP contribution in [0.3, 0.4) is 0 Å². The van der Waals surface area contributed by atoms with Crippen molar-refractivity contribution < 1.29 is 4.74 Å². The Bertz CT molecular complexity index is 764. The number of nitrogens with zero attached hydrogens (tertiary/aromatic N) is 2. The molecule has 0 radical (unpaired) electrons. The number of hydrogen-bond acceptors (Lipinski definition) is 3. The molecule has 8 atom stereocenters. The largest absolute Gasteiger partial charge is 0.381 e. The number of methoxy groups -OCH3 is 1. The lowest BCUT2D eigenvalue weighted by atomic mass is 9.64. The molecule has 4 aliphatic rings. The normalized spacial score (nSPS) is 40.2. The van der Waals surface area contributed by atoms with Crippen molar-refractivity contribution in [3.8, 4) is 0 Å². The topological polar surface area (TPSA) is 15.7 Å². The van der Waals surface area contributed by atoms with E-state index in [1.807, 2.05) is 13.2 Å². The van der Waals surface area contributed by atoms with E-state index in [-0.39, 0.29) is 0 Å². The lowest BCUT2D eigenvalue weighted by Gasteiger charge is -2.45. The smallest absolute Gasteiger partial charge is 0.0630 e. The quantitative estimate of drug-likeness (QED) is 0.521. The number of rotatable bonds is 5. The van der Waals surface area contributed by atoms with Crippen LogP contribution in [0.5, 0.6) is 0 Å². The van der Waals surface area contributed by atoms with Gasteiger partial charge in [0.2, 0.25) is 0 Å². The number of piperazine rings is 1. The monoisotopic (exact) mass is 458 g/mol. The third-order valence-electron chi connectivity index (χ3n) is 9.80. The molecule has 3 nitrogen and oxygen atoms in total. The van der Waals surface area contributed by atoms with Gasteiger partial charge in [0, 0.05) is 44.0 Å². The van der Waals surface area contributed by atoms with E-state index in [9.17, 15) is 0 Å². The fourth-order valence-corrected chi connectivity index (χ4v) is 8.79. The first-order chi connectivity index (χ1) is 15.6. The molecule has 3 aliphatic carbocycles. The first-order valence-corrected chi connectivity index (χ1v) is 13.7. The van der Waals surface area contributed by atoms with Crippen molar-refractivity contribution in [3.63, 3.8) is 0 Å². The molecule has 8 unspecified atom stereocenters. The summed E-state index contributed by atoms with van der Waals surface area (Å²) < 4.78 is 6.24. The molecule has 178 valence electrons. The van der Waals surface area contributed by atoms with Crippen LogP contribution in [0.1, 0.15) is 52.4 Å². The minimum absolute atomic E-state index is 0.478. The molecule has 32 heavy (non-hydrogen) atoms. The van der Waals surface area contributed by atoms with Crippen LogP contribution in [0, 0.1) is 41.4 Å². The fourth-order valence-electron chi connectivity index (χ4n) is 8.61. The number of fused-ring (bicyclic) bond motifs is 3. The van der Waals surface area contributed by atoms with Crippen LogP contribution < -0.4 is 4.90 Å². The van der Waals surface area contributed by atoms with E-state index in [0.29, 0.717) is 12.0 Å². The Balaban J connectivity index is 1.24. The van der Waals surface area contributed by atoms with Crippen LogP contribution in [0.15, 0.2) is 24.3 Å². The molecular weight excluding hydrogens is 416 g/mol. The highest BCUT2D eigenvalue weighted by molar-refractivity contribution is 6.30. The van der Waals surface area contributed by atoms with Crippen LogP contribution in [-0.4, -0.2) is 50.8 Å². The molecule has 0 N–H and O–H groups in total. The Hall–Kier alpha value is -0.770. The molecule has 0 aromatic heterocycles. The average Bonchev–Trinajstić information content (AvgIpc) is 3.13. The number of benzene rings is 1. The Morgan fingerprint density at radius 3 is 2.44 bits per heavy atom. The predicted octanol–water partition coefficient (Wildman–Crippen LogP) is 6.21. The summed E-state index contributed by atoms with van der Waals surface area (Å²) in [6, 6.07) is 8.34. The van der Waals surface area contributed by atoms with Gasteiger partial charge in [0.25, 0.3) is 0 Å². The second kappa shape index (κ2) is 9.84. The maximum atomic E-state index is 6.24. The first kappa shape index (κ1) is 23.0. The van der Waals surface area contributed by atoms with Crippen LogP contribution in [0.2, 0.25) is 5.02 Å². The third kappa shape index (κ3) is 4.34. The summed E-state index contributed by atoms with van der Waals surface area (Å²) in [4.78, 5) is 5.22. The summed E-state index contributed by atoms with van der Waals surface area (Å²) in [5.74, 6) is 6.07. The molecule has 1 aromatic carbocycles. The third-order valence-corrected chi connectivity index (χ3v) is 10.0. The zero-order chi connectivity index (χ0) is 22.2. The van der Waals surface area contributed by atoms with E-state index in [1.165, 1.54) is 63.8 Å². The summed E-state index contributed by atoms with van der Waals surface area (Å²) in [6.07, 6.45) is 9.09. The highest BCUT2D eigenvalue weighted by atomic mass is 35.5. The lowest BCUT2D eigenvalue weighted by molar-refractivity contribution is -0.0707. The Kier molecular flexibility index (Phi) is 7.07. The van der Waals surface area contributed by atoms with Gasteiger partial charge in [-0.25, -0.2) is 0 Å². The van der Waals surface area contributed by atoms with Crippen molar-refractivity contribution in [1.82, 2.24) is 4.90 Å². The Morgan fingerprint density at radius 1 is 0.969 bits per heavy atom.